The van der Waals surface area contributed by atoms with Gasteiger partial charge in [0.2, 0.25) is 0 Å². The largest absolute Gasteiger partial charge is 0.443 e. The molecule has 0 spiro atoms. The van der Waals surface area contributed by atoms with E-state index in [0.717, 1.165) is 18.5 Å². The third-order valence-electron chi connectivity index (χ3n) is 2.92. The molecular formula is C13H12N2O2. The SMILES string of the molecule is O=C(c1ccc2ocnc2c1)N1CC=CCC1. The highest BCUT2D eigenvalue weighted by Gasteiger charge is 2.16. The molecule has 0 unspecified atom stereocenters. The summed E-state index contributed by atoms with van der Waals surface area (Å²) in [5, 5.41) is 0. The van der Waals surface area contributed by atoms with Crippen LogP contribution in [0.1, 0.15) is 16.8 Å². The van der Waals surface area contributed by atoms with Crippen LogP contribution in [0.2, 0.25) is 0 Å². The van der Waals surface area contributed by atoms with E-state index in [9.17, 15) is 4.79 Å². The zero-order valence-electron chi connectivity index (χ0n) is 9.30. The molecule has 0 aliphatic carbocycles. The van der Waals surface area contributed by atoms with E-state index >= 15 is 0 Å². The molecule has 0 saturated carbocycles. The molecule has 4 nitrogen and oxygen atoms in total. The molecule has 1 aromatic heterocycles. The lowest BCUT2D eigenvalue weighted by Crippen LogP contribution is -2.33. The first-order chi connectivity index (χ1) is 8.34. The Labute approximate surface area is 98.5 Å². The van der Waals surface area contributed by atoms with E-state index in [-0.39, 0.29) is 5.91 Å². The number of oxazole rings is 1. The number of amides is 1. The summed E-state index contributed by atoms with van der Waals surface area (Å²) in [6.07, 6.45) is 6.45. The number of carbonyl (C=O) groups is 1. The van der Waals surface area contributed by atoms with Crippen molar-refractivity contribution >= 4 is 17.0 Å². The van der Waals surface area contributed by atoms with E-state index in [1.54, 1.807) is 18.2 Å². The zero-order valence-corrected chi connectivity index (χ0v) is 9.30. The second-order valence-electron chi connectivity index (χ2n) is 4.05. The van der Waals surface area contributed by atoms with Crippen molar-refractivity contribution < 1.29 is 9.21 Å². The highest BCUT2D eigenvalue weighted by Crippen LogP contribution is 2.16. The molecule has 4 heteroatoms. The number of hydrogen-bond acceptors (Lipinski definition) is 3. The summed E-state index contributed by atoms with van der Waals surface area (Å²) in [6, 6.07) is 5.35. The topological polar surface area (TPSA) is 46.3 Å². The minimum atomic E-state index is 0.0549. The molecule has 1 aromatic carbocycles. The minimum absolute atomic E-state index is 0.0549. The van der Waals surface area contributed by atoms with Gasteiger partial charge in [-0.3, -0.25) is 4.79 Å². The molecule has 1 amide bonds. The van der Waals surface area contributed by atoms with Crippen LogP contribution < -0.4 is 0 Å². The van der Waals surface area contributed by atoms with Crippen molar-refractivity contribution in [2.75, 3.05) is 13.1 Å². The van der Waals surface area contributed by atoms with Crippen molar-refractivity contribution in [2.45, 2.75) is 6.42 Å². The van der Waals surface area contributed by atoms with Gasteiger partial charge in [0.1, 0.15) is 5.52 Å². The summed E-state index contributed by atoms with van der Waals surface area (Å²) < 4.78 is 5.15. The van der Waals surface area contributed by atoms with E-state index in [1.807, 2.05) is 11.0 Å². The van der Waals surface area contributed by atoms with Gasteiger partial charge in [-0.15, -0.1) is 0 Å². The first-order valence-corrected chi connectivity index (χ1v) is 5.62. The Morgan fingerprint density at radius 3 is 3.12 bits per heavy atom. The number of nitrogens with zero attached hydrogens (tertiary/aromatic N) is 2. The summed E-state index contributed by atoms with van der Waals surface area (Å²) in [7, 11) is 0. The molecule has 17 heavy (non-hydrogen) atoms. The minimum Gasteiger partial charge on any atom is -0.443 e. The first kappa shape index (κ1) is 10.1. The van der Waals surface area contributed by atoms with E-state index < -0.39 is 0 Å². The quantitative estimate of drug-likeness (QED) is 0.703. The fourth-order valence-electron chi connectivity index (χ4n) is 2.00. The van der Waals surface area contributed by atoms with E-state index in [1.165, 1.54) is 6.39 Å². The van der Waals surface area contributed by atoms with Gasteiger partial charge in [0.25, 0.3) is 5.91 Å². The van der Waals surface area contributed by atoms with Gasteiger partial charge in [-0.2, -0.15) is 0 Å². The van der Waals surface area contributed by atoms with Crippen LogP contribution in [0.4, 0.5) is 0 Å². The molecule has 0 bridgehead atoms. The maximum atomic E-state index is 12.2. The number of benzene rings is 1. The van der Waals surface area contributed by atoms with Crippen LogP contribution >= 0.6 is 0 Å². The van der Waals surface area contributed by atoms with E-state index in [2.05, 4.69) is 11.1 Å². The van der Waals surface area contributed by atoms with Crippen LogP contribution in [-0.2, 0) is 0 Å². The molecule has 0 N–H and O–H groups in total. The number of fused-ring (bicyclic) bond motifs is 1. The maximum Gasteiger partial charge on any atom is 0.254 e. The van der Waals surface area contributed by atoms with Crippen molar-refractivity contribution in [1.29, 1.82) is 0 Å². The lowest BCUT2D eigenvalue weighted by molar-refractivity contribution is 0.0771. The second-order valence-corrected chi connectivity index (χ2v) is 4.05. The Balaban J connectivity index is 1.91. The van der Waals surface area contributed by atoms with Crippen LogP contribution in [0.5, 0.6) is 0 Å². The van der Waals surface area contributed by atoms with Crippen molar-refractivity contribution in [3.63, 3.8) is 0 Å². The van der Waals surface area contributed by atoms with Crippen LogP contribution in [-0.4, -0.2) is 28.9 Å². The van der Waals surface area contributed by atoms with Gasteiger partial charge >= 0.3 is 0 Å². The van der Waals surface area contributed by atoms with E-state index in [0.29, 0.717) is 17.7 Å². The Morgan fingerprint density at radius 1 is 1.35 bits per heavy atom. The van der Waals surface area contributed by atoms with Gasteiger partial charge in [-0.25, -0.2) is 4.98 Å². The number of rotatable bonds is 1. The molecule has 1 aliphatic rings. The monoisotopic (exact) mass is 228 g/mol. The van der Waals surface area contributed by atoms with Gasteiger partial charge in [0.05, 0.1) is 0 Å². The van der Waals surface area contributed by atoms with Crippen molar-refractivity contribution in [2.24, 2.45) is 0 Å². The van der Waals surface area contributed by atoms with Crippen molar-refractivity contribution in [3.05, 3.63) is 42.3 Å². The van der Waals surface area contributed by atoms with Crippen LogP contribution in [0.15, 0.2) is 41.2 Å². The van der Waals surface area contributed by atoms with Crippen molar-refractivity contribution in [1.82, 2.24) is 9.88 Å². The van der Waals surface area contributed by atoms with Crippen LogP contribution in [0, 0.1) is 0 Å². The Hall–Kier alpha value is -2.10. The zero-order chi connectivity index (χ0) is 11.7. The number of aromatic nitrogens is 1. The van der Waals surface area contributed by atoms with Crippen LogP contribution in [0.25, 0.3) is 11.1 Å². The average molecular weight is 228 g/mol. The fourth-order valence-corrected chi connectivity index (χ4v) is 2.00. The lowest BCUT2D eigenvalue weighted by atomic mass is 10.1. The van der Waals surface area contributed by atoms with Crippen molar-refractivity contribution in [3.8, 4) is 0 Å². The standard InChI is InChI=1S/C13H12N2O2/c16-13(15-6-2-1-3-7-15)10-4-5-12-11(8-10)14-9-17-12/h1-2,4-5,8-9H,3,6-7H2. The molecular weight excluding hydrogens is 216 g/mol. The second kappa shape index (κ2) is 4.05. The summed E-state index contributed by atoms with van der Waals surface area (Å²) in [6.45, 7) is 1.47. The highest BCUT2D eigenvalue weighted by atomic mass is 16.3. The summed E-state index contributed by atoms with van der Waals surface area (Å²) in [5.74, 6) is 0.0549. The predicted molar refractivity (Wildman–Crippen MR) is 63.7 cm³/mol. The highest BCUT2D eigenvalue weighted by molar-refractivity contribution is 5.97. The van der Waals surface area contributed by atoms with Gasteiger partial charge in [0.15, 0.2) is 12.0 Å². The average Bonchev–Trinajstić information content (AvgIpc) is 2.86. The Morgan fingerprint density at radius 2 is 2.29 bits per heavy atom. The summed E-state index contributed by atoms with van der Waals surface area (Å²) in [5.41, 5.74) is 2.10. The Kier molecular flexibility index (Phi) is 2.40. The van der Waals surface area contributed by atoms with E-state index in [4.69, 9.17) is 4.42 Å². The number of hydrogen-bond donors (Lipinski definition) is 0. The normalized spacial score (nSPS) is 15.4. The predicted octanol–water partition coefficient (Wildman–Crippen LogP) is 2.23. The first-order valence-electron chi connectivity index (χ1n) is 5.62. The third kappa shape index (κ3) is 1.82. The lowest BCUT2D eigenvalue weighted by Gasteiger charge is -2.23. The van der Waals surface area contributed by atoms with Gasteiger partial charge < -0.3 is 9.32 Å². The smallest absolute Gasteiger partial charge is 0.254 e. The summed E-state index contributed by atoms with van der Waals surface area (Å²) in [4.78, 5) is 18.1. The van der Waals surface area contributed by atoms with Crippen LogP contribution in [0.3, 0.4) is 0 Å². The third-order valence-corrected chi connectivity index (χ3v) is 2.92. The molecule has 0 atom stereocenters. The molecule has 0 radical (unpaired) electrons. The van der Waals surface area contributed by atoms with Gasteiger partial charge in [-0.1, -0.05) is 12.2 Å². The molecule has 2 aromatic rings. The molecule has 0 fully saturated rings. The number of carbonyl (C=O) groups excluding carboxylic acids is 1. The molecule has 3 rings (SSSR count). The molecule has 86 valence electrons. The fraction of sp³-hybridized carbons (Fsp3) is 0.231. The maximum absolute atomic E-state index is 12.2. The molecule has 1 aliphatic heterocycles. The van der Waals surface area contributed by atoms with Gasteiger partial charge in [0, 0.05) is 18.7 Å². The Bertz CT molecular complexity index is 586. The summed E-state index contributed by atoms with van der Waals surface area (Å²) >= 11 is 0. The molecule has 0 saturated heterocycles. The van der Waals surface area contributed by atoms with Gasteiger partial charge in [-0.05, 0) is 24.6 Å². The molecule has 2 heterocycles.